The molecule has 0 unspecified atom stereocenters. The van der Waals surface area contributed by atoms with Gasteiger partial charge < -0.3 is 13.6 Å². The predicted molar refractivity (Wildman–Crippen MR) is 105 cm³/mol. The molecule has 0 atom stereocenters. The molecular formula is C22H17ClO4. The van der Waals surface area contributed by atoms with Crippen molar-refractivity contribution in [1.29, 1.82) is 0 Å². The summed E-state index contributed by atoms with van der Waals surface area (Å²) in [6, 6.07) is 14.7. The molecule has 0 aliphatic carbocycles. The van der Waals surface area contributed by atoms with Crippen molar-refractivity contribution in [3.63, 3.8) is 0 Å². The first-order chi connectivity index (χ1) is 13.0. The van der Waals surface area contributed by atoms with Crippen molar-refractivity contribution in [3.8, 4) is 17.3 Å². The fraction of sp³-hybridized carbons (Fsp3) is 0.136. The average molecular weight is 381 g/mol. The molecule has 2 aromatic heterocycles. The van der Waals surface area contributed by atoms with Crippen LogP contribution in [-0.4, -0.2) is 0 Å². The smallest absolute Gasteiger partial charge is 0.235 e. The van der Waals surface area contributed by atoms with E-state index in [1.54, 1.807) is 24.3 Å². The zero-order valence-electron chi connectivity index (χ0n) is 14.9. The highest BCUT2D eigenvalue weighted by atomic mass is 35.5. The lowest BCUT2D eigenvalue weighted by Gasteiger charge is -2.11. The van der Waals surface area contributed by atoms with Gasteiger partial charge in [-0.2, -0.15) is 0 Å². The van der Waals surface area contributed by atoms with Gasteiger partial charge in [-0.05, 0) is 49.2 Å². The van der Waals surface area contributed by atoms with Crippen LogP contribution in [0.15, 0.2) is 68.4 Å². The molecule has 5 heteroatoms. The molecule has 4 nitrogen and oxygen atoms in total. The zero-order valence-corrected chi connectivity index (χ0v) is 15.7. The summed E-state index contributed by atoms with van der Waals surface area (Å²) in [5, 5.41) is 0.879. The van der Waals surface area contributed by atoms with Crippen molar-refractivity contribution >= 4 is 22.6 Å². The number of hydrogen-bond donors (Lipinski definition) is 0. The summed E-state index contributed by atoms with van der Waals surface area (Å²) in [6.45, 7) is 4.11. The van der Waals surface area contributed by atoms with Crippen LogP contribution >= 0.6 is 11.6 Å². The van der Waals surface area contributed by atoms with Crippen LogP contribution in [0.5, 0.6) is 5.75 Å². The van der Waals surface area contributed by atoms with Crippen LogP contribution in [0.4, 0.5) is 0 Å². The predicted octanol–water partition coefficient (Wildman–Crippen LogP) is 5.90. The Bertz CT molecular complexity index is 1160. The highest BCUT2D eigenvalue weighted by molar-refractivity contribution is 6.32. The van der Waals surface area contributed by atoms with Crippen LogP contribution in [0.1, 0.15) is 16.7 Å². The Morgan fingerprint density at radius 2 is 1.85 bits per heavy atom. The monoisotopic (exact) mass is 380 g/mol. The van der Waals surface area contributed by atoms with Gasteiger partial charge >= 0.3 is 0 Å². The highest BCUT2D eigenvalue weighted by Crippen LogP contribution is 2.33. The number of furan rings is 1. The Morgan fingerprint density at radius 1 is 1.07 bits per heavy atom. The number of hydrogen-bond acceptors (Lipinski definition) is 4. The minimum Gasteiger partial charge on any atom is -0.481 e. The molecular weight excluding hydrogens is 364 g/mol. The summed E-state index contributed by atoms with van der Waals surface area (Å²) in [4.78, 5) is 13.1. The van der Waals surface area contributed by atoms with Crippen molar-refractivity contribution in [1.82, 2.24) is 0 Å². The van der Waals surface area contributed by atoms with E-state index >= 15 is 0 Å². The molecule has 0 saturated heterocycles. The lowest BCUT2D eigenvalue weighted by Crippen LogP contribution is -2.10. The second kappa shape index (κ2) is 6.97. The summed E-state index contributed by atoms with van der Waals surface area (Å²) in [5.74, 6) is 0.810. The van der Waals surface area contributed by atoms with Crippen molar-refractivity contribution in [2.45, 2.75) is 20.5 Å². The molecule has 0 bridgehead atoms. The summed E-state index contributed by atoms with van der Waals surface area (Å²) in [6.07, 6.45) is 1.52. The maximum absolute atomic E-state index is 13.1. The Labute approximate surface area is 160 Å². The van der Waals surface area contributed by atoms with Gasteiger partial charge in [-0.25, -0.2) is 0 Å². The minimum atomic E-state index is -0.281. The normalized spacial score (nSPS) is 11.1. The van der Waals surface area contributed by atoms with E-state index in [0.717, 1.165) is 16.7 Å². The molecule has 136 valence electrons. The average Bonchev–Trinajstić information content (AvgIpc) is 3.18. The van der Waals surface area contributed by atoms with Gasteiger partial charge in [0, 0.05) is 5.02 Å². The van der Waals surface area contributed by atoms with Gasteiger partial charge in [0.25, 0.3) is 0 Å². The van der Waals surface area contributed by atoms with E-state index in [1.165, 1.54) is 6.26 Å². The Hall–Kier alpha value is -2.98. The van der Waals surface area contributed by atoms with Gasteiger partial charge in [0.05, 0.1) is 11.6 Å². The summed E-state index contributed by atoms with van der Waals surface area (Å²) < 4.78 is 17.3. The molecule has 0 aliphatic heterocycles. The molecule has 0 radical (unpaired) electrons. The molecule has 0 saturated carbocycles. The highest BCUT2D eigenvalue weighted by Gasteiger charge is 2.20. The van der Waals surface area contributed by atoms with E-state index in [0.29, 0.717) is 21.8 Å². The molecule has 0 N–H and O–H groups in total. The van der Waals surface area contributed by atoms with Gasteiger partial charge in [-0.3, -0.25) is 4.79 Å². The third-order valence-electron chi connectivity index (χ3n) is 4.38. The maximum atomic E-state index is 13.1. The standard InChI is InChI=1S/C22H17ClO4/c1-13-5-7-15(8-6-13)12-26-22-20(24)16-11-17(23)14(2)10-19(16)27-21(22)18-4-3-9-25-18/h3-11H,12H2,1-2H3. The van der Waals surface area contributed by atoms with E-state index in [1.807, 2.05) is 38.1 Å². The molecule has 2 heterocycles. The topological polar surface area (TPSA) is 52.6 Å². The second-order valence-electron chi connectivity index (χ2n) is 6.44. The molecule has 0 aliphatic rings. The fourth-order valence-corrected chi connectivity index (χ4v) is 3.00. The van der Waals surface area contributed by atoms with Crippen LogP contribution < -0.4 is 10.2 Å². The Kier molecular flexibility index (Phi) is 4.50. The number of halogens is 1. The Morgan fingerprint density at radius 3 is 2.56 bits per heavy atom. The van der Waals surface area contributed by atoms with E-state index in [-0.39, 0.29) is 23.5 Å². The van der Waals surface area contributed by atoms with Crippen LogP contribution in [0, 0.1) is 13.8 Å². The molecule has 4 rings (SSSR count). The lowest BCUT2D eigenvalue weighted by molar-refractivity contribution is 0.296. The number of benzene rings is 2. The van der Waals surface area contributed by atoms with Gasteiger partial charge in [0.2, 0.25) is 16.9 Å². The number of rotatable bonds is 4. The van der Waals surface area contributed by atoms with Crippen LogP contribution in [0.2, 0.25) is 5.02 Å². The molecule has 0 spiro atoms. The lowest BCUT2D eigenvalue weighted by atomic mass is 10.1. The third kappa shape index (κ3) is 3.36. The number of ether oxygens (including phenoxy) is 1. The SMILES string of the molecule is Cc1ccc(COc2c(-c3ccco3)oc3cc(C)c(Cl)cc3c2=O)cc1. The van der Waals surface area contributed by atoms with Crippen LogP contribution in [-0.2, 0) is 6.61 Å². The van der Waals surface area contributed by atoms with Crippen molar-refractivity contribution in [3.05, 3.63) is 86.7 Å². The third-order valence-corrected chi connectivity index (χ3v) is 4.79. The largest absolute Gasteiger partial charge is 0.481 e. The zero-order chi connectivity index (χ0) is 19.0. The van der Waals surface area contributed by atoms with Crippen molar-refractivity contribution < 1.29 is 13.6 Å². The molecule has 0 fully saturated rings. The minimum absolute atomic E-state index is 0.109. The molecule has 2 aromatic carbocycles. The van der Waals surface area contributed by atoms with Gasteiger partial charge in [0.1, 0.15) is 12.2 Å². The first kappa shape index (κ1) is 17.4. The van der Waals surface area contributed by atoms with Crippen LogP contribution in [0.25, 0.3) is 22.5 Å². The van der Waals surface area contributed by atoms with Crippen molar-refractivity contribution in [2.75, 3.05) is 0 Å². The second-order valence-corrected chi connectivity index (χ2v) is 6.85. The van der Waals surface area contributed by atoms with E-state index in [4.69, 9.17) is 25.2 Å². The molecule has 4 aromatic rings. The summed E-state index contributed by atoms with van der Waals surface area (Å²) in [5.41, 5.74) is 3.09. The van der Waals surface area contributed by atoms with Gasteiger partial charge in [-0.1, -0.05) is 41.4 Å². The first-order valence-electron chi connectivity index (χ1n) is 8.52. The fourth-order valence-electron chi connectivity index (χ4n) is 2.84. The van der Waals surface area contributed by atoms with E-state index < -0.39 is 0 Å². The molecule has 27 heavy (non-hydrogen) atoms. The van der Waals surface area contributed by atoms with Gasteiger partial charge in [0.15, 0.2) is 5.76 Å². The van der Waals surface area contributed by atoms with Crippen LogP contribution in [0.3, 0.4) is 0 Å². The summed E-state index contributed by atoms with van der Waals surface area (Å²) >= 11 is 6.20. The summed E-state index contributed by atoms with van der Waals surface area (Å²) in [7, 11) is 0. The number of fused-ring (bicyclic) bond motifs is 1. The first-order valence-corrected chi connectivity index (χ1v) is 8.90. The molecule has 0 amide bonds. The van der Waals surface area contributed by atoms with Crippen molar-refractivity contribution in [2.24, 2.45) is 0 Å². The quantitative estimate of drug-likeness (QED) is 0.442. The maximum Gasteiger partial charge on any atom is 0.235 e. The van der Waals surface area contributed by atoms with E-state index in [2.05, 4.69) is 0 Å². The Balaban J connectivity index is 1.84. The van der Waals surface area contributed by atoms with Gasteiger partial charge in [-0.15, -0.1) is 0 Å². The number of aryl methyl sites for hydroxylation is 2. The van der Waals surface area contributed by atoms with E-state index in [9.17, 15) is 4.79 Å².